The molecule has 0 aliphatic carbocycles. The van der Waals surface area contributed by atoms with Gasteiger partial charge in [-0.15, -0.1) is 0 Å². The quantitative estimate of drug-likeness (QED) is 0.847. The number of hydrogen-bond acceptors (Lipinski definition) is 4. The summed E-state index contributed by atoms with van der Waals surface area (Å²) >= 11 is 0. The van der Waals surface area contributed by atoms with E-state index in [1.165, 1.54) is 12.1 Å². The number of rotatable bonds is 6. The normalized spacial score (nSPS) is 19.5. The number of carbonyl (C=O) groups excluding carboxylic acids is 1. The Kier molecular flexibility index (Phi) is 6.12. The molecule has 7 heteroatoms. The van der Waals surface area contributed by atoms with Crippen LogP contribution < -0.4 is 5.32 Å². The number of likely N-dealkylation sites (tertiary alicyclic amines) is 1. The summed E-state index contributed by atoms with van der Waals surface area (Å²) in [4.78, 5) is 14.4. The lowest BCUT2D eigenvalue weighted by Gasteiger charge is -2.34. The number of nitrogens with one attached hydrogen (secondary N) is 1. The largest absolute Gasteiger partial charge is 0.354 e. The summed E-state index contributed by atoms with van der Waals surface area (Å²) in [5.74, 6) is -0.457. The Labute approximate surface area is 136 Å². The second-order valence-electron chi connectivity index (χ2n) is 6.03. The van der Waals surface area contributed by atoms with Crippen LogP contribution >= 0.6 is 0 Å². The molecule has 1 unspecified atom stereocenters. The van der Waals surface area contributed by atoms with Crippen LogP contribution in [0.25, 0.3) is 0 Å². The van der Waals surface area contributed by atoms with Gasteiger partial charge < -0.3 is 5.32 Å². The fourth-order valence-corrected chi connectivity index (χ4v) is 3.25. The Morgan fingerprint density at radius 3 is 2.65 bits per heavy atom. The van der Waals surface area contributed by atoms with Crippen molar-refractivity contribution in [2.45, 2.75) is 31.8 Å². The molecular weight excluding hydrogens is 319 g/mol. The van der Waals surface area contributed by atoms with Crippen LogP contribution in [-0.4, -0.2) is 50.4 Å². The molecule has 1 aliphatic heterocycles. The fraction of sp³-hybridized carbons (Fsp3) is 0.562. The van der Waals surface area contributed by atoms with Crippen LogP contribution in [0.5, 0.6) is 0 Å². The number of amides is 1. The molecule has 1 aliphatic rings. The SMILES string of the molecule is CS(=O)(=O)CCNC(=O)C1CCCCN1Cc1ccc(F)cc1. The van der Waals surface area contributed by atoms with Crippen molar-refractivity contribution in [1.29, 1.82) is 0 Å². The van der Waals surface area contributed by atoms with Gasteiger partial charge in [-0.05, 0) is 37.1 Å². The van der Waals surface area contributed by atoms with Crippen molar-refractivity contribution in [3.05, 3.63) is 35.6 Å². The van der Waals surface area contributed by atoms with E-state index in [4.69, 9.17) is 0 Å². The van der Waals surface area contributed by atoms with Gasteiger partial charge in [0.1, 0.15) is 15.7 Å². The molecule has 1 atom stereocenters. The van der Waals surface area contributed by atoms with Crippen molar-refractivity contribution in [2.24, 2.45) is 0 Å². The van der Waals surface area contributed by atoms with Crippen molar-refractivity contribution in [1.82, 2.24) is 10.2 Å². The minimum atomic E-state index is -3.08. The van der Waals surface area contributed by atoms with Gasteiger partial charge in [0, 0.05) is 19.3 Å². The first-order valence-electron chi connectivity index (χ1n) is 7.79. The van der Waals surface area contributed by atoms with Crippen molar-refractivity contribution < 1.29 is 17.6 Å². The molecule has 23 heavy (non-hydrogen) atoms. The number of benzene rings is 1. The number of nitrogens with zero attached hydrogens (tertiary/aromatic N) is 1. The monoisotopic (exact) mass is 342 g/mol. The van der Waals surface area contributed by atoms with E-state index in [0.29, 0.717) is 6.54 Å². The lowest BCUT2D eigenvalue weighted by Crippen LogP contribution is -2.49. The molecule has 2 rings (SSSR count). The first-order chi connectivity index (χ1) is 10.8. The van der Waals surface area contributed by atoms with E-state index in [1.807, 2.05) is 0 Å². The third kappa shape index (κ3) is 5.91. The number of sulfone groups is 1. The lowest BCUT2D eigenvalue weighted by atomic mass is 10.0. The highest BCUT2D eigenvalue weighted by Gasteiger charge is 2.28. The highest BCUT2D eigenvalue weighted by atomic mass is 32.2. The summed E-state index contributed by atoms with van der Waals surface area (Å²) in [5, 5.41) is 2.71. The summed E-state index contributed by atoms with van der Waals surface area (Å²) in [6.45, 7) is 1.53. The minimum absolute atomic E-state index is 0.0522. The Morgan fingerprint density at radius 1 is 1.30 bits per heavy atom. The standard InChI is InChI=1S/C16H23FN2O3S/c1-23(21,22)11-9-18-16(20)15-4-2-3-10-19(15)12-13-5-7-14(17)8-6-13/h5-8,15H,2-4,9-12H2,1H3,(H,18,20). The van der Waals surface area contributed by atoms with Gasteiger partial charge in [0.25, 0.3) is 0 Å². The van der Waals surface area contributed by atoms with Crippen molar-refractivity contribution in [3.8, 4) is 0 Å². The average Bonchev–Trinajstić information content (AvgIpc) is 2.49. The van der Waals surface area contributed by atoms with E-state index in [2.05, 4.69) is 10.2 Å². The Morgan fingerprint density at radius 2 is 2.00 bits per heavy atom. The summed E-state index contributed by atoms with van der Waals surface area (Å²) in [6.07, 6.45) is 3.91. The van der Waals surface area contributed by atoms with Gasteiger partial charge in [0.15, 0.2) is 0 Å². The molecule has 0 spiro atoms. The molecule has 5 nitrogen and oxygen atoms in total. The lowest BCUT2D eigenvalue weighted by molar-refractivity contribution is -0.127. The van der Waals surface area contributed by atoms with Crippen molar-refractivity contribution >= 4 is 15.7 Å². The van der Waals surface area contributed by atoms with E-state index in [1.54, 1.807) is 12.1 Å². The molecule has 0 saturated carbocycles. The molecule has 128 valence electrons. The molecule has 1 fully saturated rings. The summed E-state index contributed by atoms with van der Waals surface area (Å²) in [5.41, 5.74) is 0.960. The van der Waals surface area contributed by atoms with E-state index in [-0.39, 0.29) is 30.1 Å². The maximum atomic E-state index is 13.0. The minimum Gasteiger partial charge on any atom is -0.354 e. The molecule has 0 bridgehead atoms. The highest BCUT2D eigenvalue weighted by Crippen LogP contribution is 2.20. The molecule has 1 saturated heterocycles. The van der Waals surface area contributed by atoms with Gasteiger partial charge in [-0.2, -0.15) is 0 Å². The van der Waals surface area contributed by atoms with Crippen LogP contribution in [0.3, 0.4) is 0 Å². The number of piperidine rings is 1. The maximum Gasteiger partial charge on any atom is 0.237 e. The Balaban J connectivity index is 1.94. The third-order valence-electron chi connectivity index (χ3n) is 3.99. The van der Waals surface area contributed by atoms with Crippen LogP contribution in [0.1, 0.15) is 24.8 Å². The number of halogens is 1. The van der Waals surface area contributed by atoms with E-state index < -0.39 is 9.84 Å². The Hall–Kier alpha value is -1.47. The summed E-state index contributed by atoms with van der Waals surface area (Å²) in [7, 11) is -3.08. The van der Waals surface area contributed by atoms with Gasteiger partial charge in [0.05, 0.1) is 11.8 Å². The van der Waals surface area contributed by atoms with Gasteiger partial charge in [0.2, 0.25) is 5.91 Å². The van der Waals surface area contributed by atoms with Crippen LogP contribution in [0.2, 0.25) is 0 Å². The highest BCUT2D eigenvalue weighted by molar-refractivity contribution is 7.90. The molecule has 0 radical (unpaired) electrons. The predicted molar refractivity (Wildman–Crippen MR) is 87.2 cm³/mol. The van der Waals surface area contributed by atoms with Crippen LogP contribution in [0.15, 0.2) is 24.3 Å². The average molecular weight is 342 g/mol. The zero-order valence-corrected chi connectivity index (χ0v) is 14.1. The number of carbonyl (C=O) groups is 1. The molecule has 1 heterocycles. The van der Waals surface area contributed by atoms with E-state index in [0.717, 1.165) is 37.6 Å². The summed E-state index contributed by atoms with van der Waals surface area (Å²) < 4.78 is 35.2. The van der Waals surface area contributed by atoms with Crippen LogP contribution in [-0.2, 0) is 21.2 Å². The Bertz CT molecular complexity index is 631. The first kappa shape index (κ1) is 17.9. The van der Waals surface area contributed by atoms with Gasteiger partial charge in [-0.3, -0.25) is 9.69 Å². The predicted octanol–water partition coefficient (Wildman–Crippen LogP) is 1.34. The third-order valence-corrected chi connectivity index (χ3v) is 4.93. The van der Waals surface area contributed by atoms with Gasteiger partial charge in [-0.25, -0.2) is 12.8 Å². The van der Waals surface area contributed by atoms with E-state index in [9.17, 15) is 17.6 Å². The topological polar surface area (TPSA) is 66.5 Å². The summed E-state index contributed by atoms with van der Waals surface area (Å²) in [6, 6.07) is 6.03. The zero-order chi connectivity index (χ0) is 16.9. The smallest absolute Gasteiger partial charge is 0.237 e. The first-order valence-corrected chi connectivity index (χ1v) is 9.85. The molecule has 1 amide bonds. The maximum absolute atomic E-state index is 13.0. The van der Waals surface area contributed by atoms with E-state index >= 15 is 0 Å². The van der Waals surface area contributed by atoms with Gasteiger partial charge in [-0.1, -0.05) is 18.6 Å². The zero-order valence-electron chi connectivity index (χ0n) is 13.3. The molecule has 0 aromatic heterocycles. The molecule has 1 N–H and O–H groups in total. The molecule has 1 aromatic rings. The van der Waals surface area contributed by atoms with Crippen LogP contribution in [0.4, 0.5) is 4.39 Å². The van der Waals surface area contributed by atoms with Gasteiger partial charge >= 0.3 is 0 Å². The molecular formula is C16H23FN2O3S. The second kappa shape index (κ2) is 7.88. The number of hydrogen-bond donors (Lipinski definition) is 1. The van der Waals surface area contributed by atoms with Crippen LogP contribution in [0, 0.1) is 5.82 Å². The fourth-order valence-electron chi connectivity index (χ4n) is 2.78. The second-order valence-corrected chi connectivity index (χ2v) is 8.29. The van der Waals surface area contributed by atoms with Crippen molar-refractivity contribution in [3.63, 3.8) is 0 Å². The molecule has 1 aromatic carbocycles. The van der Waals surface area contributed by atoms with Crippen molar-refractivity contribution in [2.75, 3.05) is 25.1 Å².